The Morgan fingerprint density at radius 1 is 1.00 bits per heavy atom. The molecule has 0 spiro atoms. The third kappa shape index (κ3) is 4.35. The maximum atomic E-state index is 5.97. The van der Waals surface area contributed by atoms with Gasteiger partial charge in [-0.3, -0.25) is 4.98 Å². The number of hydrogen-bond acceptors (Lipinski definition) is 6. The van der Waals surface area contributed by atoms with E-state index in [0.29, 0.717) is 12.4 Å². The summed E-state index contributed by atoms with van der Waals surface area (Å²) >= 11 is 1.71. The molecule has 6 heteroatoms. The molecule has 1 atom stereocenters. The predicted molar refractivity (Wildman–Crippen MR) is 127 cm³/mol. The lowest BCUT2D eigenvalue weighted by atomic mass is 9.86. The van der Waals surface area contributed by atoms with E-state index in [9.17, 15) is 0 Å². The first-order chi connectivity index (χ1) is 14.3. The van der Waals surface area contributed by atoms with Crippen LogP contribution in [0.25, 0.3) is 32.0 Å². The first kappa shape index (κ1) is 20.4. The summed E-state index contributed by atoms with van der Waals surface area (Å²) in [5, 5.41) is 3.41. The standard InChI is InChI=1S/C24H27N5S/c1-15(25)14-27-23-21-19(28-22(29-23)17-9-11-26-12-10-17)13-20(30-21)16-5-7-18(8-6-16)24(2,3)4/h5-13,15H,14,25H2,1-4H3,(H,27,28,29)/t15-/m0/s1. The minimum Gasteiger partial charge on any atom is -0.367 e. The Kier molecular flexibility index (Phi) is 5.54. The fourth-order valence-electron chi connectivity index (χ4n) is 3.21. The highest BCUT2D eigenvalue weighted by Crippen LogP contribution is 2.37. The summed E-state index contributed by atoms with van der Waals surface area (Å²) < 4.78 is 1.04. The molecular formula is C24H27N5S. The van der Waals surface area contributed by atoms with Crippen molar-refractivity contribution in [3.05, 3.63) is 60.4 Å². The van der Waals surface area contributed by atoms with E-state index in [1.165, 1.54) is 16.0 Å². The van der Waals surface area contributed by atoms with Crippen LogP contribution in [-0.2, 0) is 5.41 Å². The zero-order valence-electron chi connectivity index (χ0n) is 17.8. The lowest BCUT2D eigenvalue weighted by Gasteiger charge is -2.18. The van der Waals surface area contributed by atoms with Crippen molar-refractivity contribution in [2.75, 3.05) is 11.9 Å². The molecule has 154 valence electrons. The molecule has 0 radical (unpaired) electrons. The van der Waals surface area contributed by atoms with Gasteiger partial charge in [-0.15, -0.1) is 11.3 Å². The minimum atomic E-state index is 0.0313. The van der Waals surface area contributed by atoms with Gasteiger partial charge in [0.25, 0.3) is 0 Å². The van der Waals surface area contributed by atoms with Gasteiger partial charge in [0, 0.05) is 35.4 Å². The average Bonchev–Trinajstić information content (AvgIpc) is 3.16. The molecule has 5 nitrogen and oxygen atoms in total. The van der Waals surface area contributed by atoms with Gasteiger partial charge in [0.1, 0.15) is 5.82 Å². The van der Waals surface area contributed by atoms with Crippen molar-refractivity contribution < 1.29 is 0 Å². The third-order valence-corrected chi connectivity index (χ3v) is 6.12. The van der Waals surface area contributed by atoms with Crippen LogP contribution in [0.2, 0.25) is 0 Å². The fraction of sp³-hybridized carbons (Fsp3) is 0.292. The minimum absolute atomic E-state index is 0.0313. The average molecular weight is 418 g/mol. The molecule has 0 unspecified atom stereocenters. The fourth-order valence-corrected chi connectivity index (χ4v) is 4.28. The Hall–Kier alpha value is -2.83. The highest BCUT2D eigenvalue weighted by molar-refractivity contribution is 7.22. The number of thiophene rings is 1. The van der Waals surface area contributed by atoms with Gasteiger partial charge in [-0.1, -0.05) is 45.0 Å². The molecule has 0 amide bonds. The van der Waals surface area contributed by atoms with Crippen LogP contribution in [0.15, 0.2) is 54.9 Å². The number of rotatable bonds is 5. The quantitative estimate of drug-likeness (QED) is 0.450. The van der Waals surface area contributed by atoms with Crippen LogP contribution >= 0.6 is 11.3 Å². The summed E-state index contributed by atoms with van der Waals surface area (Å²) in [4.78, 5) is 14.9. The molecule has 0 bridgehead atoms. The summed E-state index contributed by atoms with van der Waals surface area (Å²) in [6.07, 6.45) is 3.52. The van der Waals surface area contributed by atoms with Crippen molar-refractivity contribution in [3.63, 3.8) is 0 Å². The Bertz CT molecular complexity index is 1140. The normalized spacial score (nSPS) is 12.8. The number of fused-ring (bicyclic) bond motifs is 1. The number of benzene rings is 1. The zero-order valence-corrected chi connectivity index (χ0v) is 18.6. The molecule has 0 aliphatic rings. The number of nitrogens with two attached hydrogens (primary N) is 1. The topological polar surface area (TPSA) is 76.7 Å². The molecule has 0 aliphatic carbocycles. The van der Waals surface area contributed by atoms with Gasteiger partial charge in [0.2, 0.25) is 0 Å². The van der Waals surface area contributed by atoms with Gasteiger partial charge in [0.15, 0.2) is 5.82 Å². The highest BCUT2D eigenvalue weighted by Gasteiger charge is 2.16. The lowest BCUT2D eigenvalue weighted by Crippen LogP contribution is -2.25. The predicted octanol–water partition coefficient (Wildman–Crippen LogP) is 5.48. The Labute approximate surface area is 181 Å². The van der Waals surface area contributed by atoms with Gasteiger partial charge in [-0.25, -0.2) is 9.97 Å². The summed E-state index contributed by atoms with van der Waals surface area (Å²) in [7, 11) is 0. The first-order valence-corrected chi connectivity index (χ1v) is 11.0. The molecule has 1 aromatic carbocycles. The molecule has 0 aliphatic heterocycles. The number of nitrogens with one attached hydrogen (secondary N) is 1. The summed E-state index contributed by atoms with van der Waals surface area (Å²) in [6, 6.07) is 14.8. The van der Waals surface area contributed by atoms with Gasteiger partial charge in [0.05, 0.1) is 10.2 Å². The molecule has 0 saturated heterocycles. The first-order valence-electron chi connectivity index (χ1n) is 10.1. The van der Waals surface area contributed by atoms with Crippen LogP contribution in [0.3, 0.4) is 0 Å². The van der Waals surface area contributed by atoms with E-state index < -0.39 is 0 Å². The maximum absolute atomic E-state index is 5.97. The van der Waals surface area contributed by atoms with E-state index in [1.807, 2.05) is 19.1 Å². The second-order valence-electron chi connectivity index (χ2n) is 8.64. The van der Waals surface area contributed by atoms with E-state index in [-0.39, 0.29) is 11.5 Å². The molecule has 30 heavy (non-hydrogen) atoms. The zero-order chi connectivity index (χ0) is 21.3. The molecule has 3 heterocycles. The second kappa shape index (κ2) is 8.13. The maximum Gasteiger partial charge on any atom is 0.162 e. The van der Waals surface area contributed by atoms with Crippen molar-refractivity contribution >= 4 is 27.4 Å². The van der Waals surface area contributed by atoms with Crippen LogP contribution in [0, 0.1) is 0 Å². The number of hydrogen-bond donors (Lipinski definition) is 2. The Morgan fingerprint density at radius 3 is 2.33 bits per heavy atom. The van der Waals surface area contributed by atoms with Gasteiger partial charge in [-0.2, -0.15) is 0 Å². The smallest absolute Gasteiger partial charge is 0.162 e. The van der Waals surface area contributed by atoms with Crippen LogP contribution < -0.4 is 11.1 Å². The van der Waals surface area contributed by atoms with Gasteiger partial charge >= 0.3 is 0 Å². The monoisotopic (exact) mass is 417 g/mol. The van der Waals surface area contributed by atoms with Crippen LogP contribution in [0.4, 0.5) is 5.82 Å². The van der Waals surface area contributed by atoms with Crippen LogP contribution in [0.5, 0.6) is 0 Å². The highest BCUT2D eigenvalue weighted by atomic mass is 32.1. The van der Waals surface area contributed by atoms with Gasteiger partial charge < -0.3 is 11.1 Å². The molecule has 3 N–H and O–H groups in total. The Morgan fingerprint density at radius 2 is 1.70 bits per heavy atom. The number of anilines is 1. The molecule has 0 fully saturated rings. The van der Waals surface area contributed by atoms with E-state index in [4.69, 9.17) is 15.7 Å². The van der Waals surface area contributed by atoms with Crippen molar-refractivity contribution in [2.45, 2.75) is 39.2 Å². The van der Waals surface area contributed by atoms with E-state index >= 15 is 0 Å². The lowest BCUT2D eigenvalue weighted by molar-refractivity contribution is 0.590. The molecule has 3 aromatic heterocycles. The summed E-state index contributed by atoms with van der Waals surface area (Å²) in [5.41, 5.74) is 10.5. The largest absolute Gasteiger partial charge is 0.367 e. The summed E-state index contributed by atoms with van der Waals surface area (Å²) in [6.45, 7) is 9.32. The van der Waals surface area contributed by atoms with E-state index in [1.54, 1.807) is 23.7 Å². The molecule has 0 saturated carbocycles. The number of aromatic nitrogens is 3. The molecule has 4 rings (SSSR count). The second-order valence-corrected chi connectivity index (χ2v) is 9.69. The number of nitrogens with zero attached hydrogens (tertiary/aromatic N) is 3. The van der Waals surface area contributed by atoms with Crippen molar-refractivity contribution in [1.29, 1.82) is 0 Å². The SMILES string of the molecule is C[C@H](N)CNc1nc(-c2ccncc2)nc2cc(-c3ccc(C(C)(C)C)cc3)sc12. The summed E-state index contributed by atoms with van der Waals surface area (Å²) in [5.74, 6) is 1.51. The number of pyridine rings is 1. The third-order valence-electron chi connectivity index (χ3n) is 4.94. The van der Waals surface area contributed by atoms with E-state index in [2.05, 4.69) is 61.4 Å². The van der Waals surface area contributed by atoms with Gasteiger partial charge in [-0.05, 0) is 41.7 Å². The van der Waals surface area contributed by atoms with Crippen LogP contribution in [-0.4, -0.2) is 27.5 Å². The Balaban J connectivity index is 1.79. The van der Waals surface area contributed by atoms with Crippen molar-refractivity contribution in [2.24, 2.45) is 5.73 Å². The molecular weight excluding hydrogens is 390 g/mol. The molecule has 4 aromatic rings. The van der Waals surface area contributed by atoms with Crippen molar-refractivity contribution in [3.8, 4) is 21.8 Å². The van der Waals surface area contributed by atoms with Crippen molar-refractivity contribution in [1.82, 2.24) is 15.0 Å². The van der Waals surface area contributed by atoms with Crippen LogP contribution in [0.1, 0.15) is 33.3 Å². The van der Waals surface area contributed by atoms with E-state index in [0.717, 1.165) is 21.6 Å².